The van der Waals surface area contributed by atoms with Crippen LogP contribution in [0.5, 0.6) is 0 Å². The highest BCUT2D eigenvalue weighted by Crippen LogP contribution is 2.29. The molecule has 0 unspecified atom stereocenters. The monoisotopic (exact) mass is 288 g/mol. The third kappa shape index (κ3) is 2.08. The van der Waals surface area contributed by atoms with Crippen molar-refractivity contribution < 1.29 is 8.94 Å². The Labute approximate surface area is 119 Å². The Morgan fingerprint density at radius 2 is 2.00 bits per heavy atom. The number of nitrogens with zero attached hydrogens (tertiary/aromatic N) is 1. The van der Waals surface area contributed by atoms with Crippen LogP contribution in [-0.2, 0) is 6.42 Å². The van der Waals surface area contributed by atoms with Gasteiger partial charge in [-0.15, -0.1) is 4.57 Å². The SMILES string of the molecule is CC(C)c1ccc2c(c1)c(CCN)c1oc(=O)c(=O)on12. The fraction of sp³-hybridized carbons (Fsp3) is 0.333. The molecule has 6 heteroatoms. The Morgan fingerprint density at radius 1 is 1.24 bits per heavy atom. The summed E-state index contributed by atoms with van der Waals surface area (Å²) >= 11 is 0. The Kier molecular flexibility index (Phi) is 3.17. The van der Waals surface area contributed by atoms with Crippen molar-refractivity contribution in [2.45, 2.75) is 26.2 Å². The predicted octanol–water partition coefficient (Wildman–Crippen LogP) is 1.62. The third-order valence-electron chi connectivity index (χ3n) is 3.60. The van der Waals surface area contributed by atoms with E-state index in [4.69, 9.17) is 14.7 Å². The van der Waals surface area contributed by atoms with Gasteiger partial charge in [0, 0.05) is 10.9 Å². The second-order valence-corrected chi connectivity index (χ2v) is 5.32. The quantitative estimate of drug-likeness (QED) is 0.739. The van der Waals surface area contributed by atoms with Crippen molar-refractivity contribution in [3.05, 3.63) is 50.2 Å². The van der Waals surface area contributed by atoms with E-state index in [-0.39, 0.29) is 5.71 Å². The zero-order valence-electron chi connectivity index (χ0n) is 11.9. The average molecular weight is 288 g/mol. The van der Waals surface area contributed by atoms with Gasteiger partial charge in [-0.25, -0.2) is 9.59 Å². The summed E-state index contributed by atoms with van der Waals surface area (Å²) in [4.78, 5) is 22.8. The third-order valence-corrected chi connectivity index (χ3v) is 3.60. The zero-order valence-corrected chi connectivity index (χ0v) is 11.9. The molecular formula is C15H16N2O4. The Balaban J connectivity index is 2.48. The van der Waals surface area contributed by atoms with Crippen molar-refractivity contribution in [1.82, 2.24) is 4.57 Å². The number of fused-ring (bicyclic) bond motifs is 3. The highest BCUT2D eigenvalue weighted by Gasteiger charge is 2.18. The van der Waals surface area contributed by atoms with Crippen molar-refractivity contribution in [2.75, 3.05) is 6.54 Å². The van der Waals surface area contributed by atoms with Crippen LogP contribution in [-0.4, -0.2) is 11.1 Å². The molecule has 0 aliphatic carbocycles. The van der Waals surface area contributed by atoms with Gasteiger partial charge in [0.05, 0.1) is 5.52 Å². The lowest BCUT2D eigenvalue weighted by Gasteiger charge is -2.05. The molecule has 0 aliphatic rings. The van der Waals surface area contributed by atoms with Crippen molar-refractivity contribution >= 4 is 16.6 Å². The van der Waals surface area contributed by atoms with Crippen molar-refractivity contribution in [1.29, 1.82) is 0 Å². The fourth-order valence-electron chi connectivity index (χ4n) is 2.51. The molecule has 21 heavy (non-hydrogen) atoms. The van der Waals surface area contributed by atoms with Gasteiger partial charge in [-0.2, -0.15) is 0 Å². The number of nitrogens with two attached hydrogens (primary N) is 1. The van der Waals surface area contributed by atoms with Crippen molar-refractivity contribution in [3.8, 4) is 0 Å². The molecule has 2 heterocycles. The molecule has 0 atom stereocenters. The normalized spacial score (nSPS) is 11.8. The summed E-state index contributed by atoms with van der Waals surface area (Å²) in [6.45, 7) is 4.60. The van der Waals surface area contributed by atoms with E-state index < -0.39 is 11.3 Å². The zero-order chi connectivity index (χ0) is 15.1. The van der Waals surface area contributed by atoms with E-state index in [2.05, 4.69) is 13.8 Å². The number of hydrogen-bond donors (Lipinski definition) is 1. The van der Waals surface area contributed by atoms with Gasteiger partial charge >= 0.3 is 11.3 Å². The molecule has 2 N–H and O–H groups in total. The maximum atomic E-state index is 11.4. The van der Waals surface area contributed by atoms with Gasteiger partial charge in [-0.05, 0) is 36.6 Å². The number of rotatable bonds is 3. The topological polar surface area (TPSA) is 90.8 Å². The first-order valence-electron chi connectivity index (χ1n) is 6.84. The molecule has 0 amide bonds. The molecule has 6 nitrogen and oxygen atoms in total. The summed E-state index contributed by atoms with van der Waals surface area (Å²) in [5, 5.41) is 0.893. The fourth-order valence-corrected chi connectivity index (χ4v) is 2.51. The van der Waals surface area contributed by atoms with E-state index in [0.717, 1.165) is 16.5 Å². The number of benzene rings is 1. The lowest BCUT2D eigenvalue weighted by atomic mass is 10.00. The molecule has 0 radical (unpaired) electrons. The van der Waals surface area contributed by atoms with Gasteiger partial charge in [-0.1, -0.05) is 19.9 Å². The molecule has 110 valence electrons. The minimum Gasteiger partial charge on any atom is -0.397 e. The summed E-state index contributed by atoms with van der Waals surface area (Å²) in [7, 11) is 0. The molecule has 3 rings (SSSR count). The van der Waals surface area contributed by atoms with Crippen LogP contribution < -0.4 is 17.0 Å². The first-order chi connectivity index (χ1) is 10.0. The van der Waals surface area contributed by atoms with E-state index >= 15 is 0 Å². The summed E-state index contributed by atoms with van der Waals surface area (Å²) in [6.07, 6.45) is 0.533. The van der Waals surface area contributed by atoms with Crippen LogP contribution in [0, 0.1) is 0 Å². The Bertz CT molecular complexity index is 930. The van der Waals surface area contributed by atoms with Gasteiger partial charge in [-0.3, -0.25) is 0 Å². The van der Waals surface area contributed by atoms with Crippen molar-refractivity contribution in [2.24, 2.45) is 5.73 Å². The van der Waals surface area contributed by atoms with Crippen LogP contribution in [0.25, 0.3) is 16.6 Å². The first-order valence-corrected chi connectivity index (χ1v) is 6.84. The maximum Gasteiger partial charge on any atom is 0.442 e. The lowest BCUT2D eigenvalue weighted by Crippen LogP contribution is -2.23. The van der Waals surface area contributed by atoms with E-state index in [1.165, 1.54) is 4.57 Å². The van der Waals surface area contributed by atoms with Crippen molar-refractivity contribution in [3.63, 3.8) is 0 Å². The Hall–Kier alpha value is -2.34. The minimum absolute atomic E-state index is 0.251. The van der Waals surface area contributed by atoms with Crippen LogP contribution >= 0.6 is 0 Å². The van der Waals surface area contributed by atoms with E-state index in [0.29, 0.717) is 24.4 Å². The standard InChI is InChI=1S/C15H16N2O4/c1-8(2)9-3-4-12-11(7-9)10(5-6-16)13-17(12)21-15(19)14(18)20-13/h3-4,7-8H,5-6,16H2,1-2H3. The van der Waals surface area contributed by atoms with E-state index in [9.17, 15) is 9.59 Å². The summed E-state index contributed by atoms with van der Waals surface area (Å²) < 4.78 is 11.4. The number of aromatic nitrogens is 1. The average Bonchev–Trinajstić information content (AvgIpc) is 2.73. The molecule has 0 spiro atoms. The van der Waals surface area contributed by atoms with E-state index in [1.807, 2.05) is 18.2 Å². The molecule has 0 fully saturated rings. The smallest absolute Gasteiger partial charge is 0.397 e. The summed E-state index contributed by atoms with van der Waals surface area (Å²) in [5.74, 6) is 0.363. The molecule has 3 aromatic rings. The highest BCUT2D eigenvalue weighted by molar-refractivity contribution is 5.90. The van der Waals surface area contributed by atoms with Crippen LogP contribution in [0.3, 0.4) is 0 Å². The molecule has 0 saturated heterocycles. The van der Waals surface area contributed by atoms with E-state index in [1.54, 1.807) is 0 Å². The van der Waals surface area contributed by atoms with Gasteiger partial charge in [0.25, 0.3) is 0 Å². The second kappa shape index (κ2) is 4.89. The first kappa shape index (κ1) is 13.6. The molecule has 0 aliphatic heterocycles. The molecule has 0 bridgehead atoms. The molecule has 0 saturated carbocycles. The van der Waals surface area contributed by atoms with Gasteiger partial charge in [0.1, 0.15) is 0 Å². The number of hydrogen-bond acceptors (Lipinski definition) is 5. The minimum atomic E-state index is -1.02. The summed E-state index contributed by atoms with van der Waals surface area (Å²) in [6, 6.07) is 5.86. The largest absolute Gasteiger partial charge is 0.442 e. The van der Waals surface area contributed by atoms with Crippen LogP contribution in [0.2, 0.25) is 0 Å². The molecule has 2 aromatic heterocycles. The second-order valence-electron chi connectivity index (χ2n) is 5.32. The molecular weight excluding hydrogens is 272 g/mol. The maximum absolute atomic E-state index is 11.4. The van der Waals surface area contributed by atoms with Gasteiger partial charge < -0.3 is 14.7 Å². The van der Waals surface area contributed by atoms with Gasteiger partial charge in [0.15, 0.2) is 0 Å². The van der Waals surface area contributed by atoms with Crippen LogP contribution in [0.1, 0.15) is 30.9 Å². The Morgan fingerprint density at radius 3 is 2.67 bits per heavy atom. The predicted molar refractivity (Wildman–Crippen MR) is 78.8 cm³/mol. The molecule has 1 aromatic carbocycles. The van der Waals surface area contributed by atoms with Crippen LogP contribution in [0.15, 0.2) is 36.7 Å². The highest BCUT2D eigenvalue weighted by atomic mass is 16.5. The summed E-state index contributed by atoms with van der Waals surface area (Å²) in [5.41, 5.74) is 6.50. The lowest BCUT2D eigenvalue weighted by molar-refractivity contribution is 0.286. The van der Waals surface area contributed by atoms with Gasteiger partial charge in [0.2, 0.25) is 5.71 Å². The van der Waals surface area contributed by atoms with Crippen LogP contribution in [0.4, 0.5) is 0 Å².